The molecule has 2 aromatic carbocycles. The Hall–Kier alpha value is -2.53. The summed E-state index contributed by atoms with van der Waals surface area (Å²) in [4.78, 5) is 26.6. The molecule has 10 heteroatoms. The number of hydrogen-bond acceptors (Lipinski definition) is 6. The molecular weight excluding hydrogens is 424 g/mol. The SMILES string of the molecule is CN1CCN(S(=O)(=O)c2cccc(C(=O)Nc3ccc4c(c3)sc(=O)n4C)c2)CC1. The Balaban J connectivity index is 1.56. The number of aryl methyl sites for hydroxylation is 1. The maximum absolute atomic E-state index is 13.0. The Morgan fingerprint density at radius 1 is 1.03 bits per heavy atom. The van der Waals surface area contributed by atoms with Gasteiger partial charge in [-0.2, -0.15) is 4.31 Å². The van der Waals surface area contributed by atoms with Crippen molar-refractivity contribution in [2.24, 2.45) is 7.05 Å². The first-order valence-electron chi connectivity index (χ1n) is 9.45. The van der Waals surface area contributed by atoms with Crippen LogP contribution in [0.5, 0.6) is 0 Å². The normalized spacial score (nSPS) is 16.1. The van der Waals surface area contributed by atoms with E-state index in [0.717, 1.165) is 21.6 Å². The van der Waals surface area contributed by atoms with Gasteiger partial charge in [-0.25, -0.2) is 8.42 Å². The van der Waals surface area contributed by atoms with Gasteiger partial charge in [0.2, 0.25) is 10.0 Å². The van der Waals surface area contributed by atoms with Gasteiger partial charge in [0.1, 0.15) is 0 Å². The van der Waals surface area contributed by atoms with Gasteiger partial charge in [-0.3, -0.25) is 9.59 Å². The third kappa shape index (κ3) is 3.91. The maximum atomic E-state index is 13.0. The molecule has 2 heterocycles. The number of likely N-dealkylation sites (N-methyl/N-ethyl adjacent to an activating group) is 1. The average molecular weight is 447 g/mol. The number of hydrogen-bond donors (Lipinski definition) is 1. The molecular formula is C20H22N4O4S2. The Labute approximate surface area is 178 Å². The van der Waals surface area contributed by atoms with E-state index < -0.39 is 15.9 Å². The van der Waals surface area contributed by atoms with E-state index in [-0.39, 0.29) is 15.3 Å². The molecule has 1 aliphatic rings. The number of aromatic nitrogens is 1. The summed E-state index contributed by atoms with van der Waals surface area (Å²) >= 11 is 1.11. The highest BCUT2D eigenvalue weighted by Crippen LogP contribution is 2.23. The molecule has 0 unspecified atom stereocenters. The molecule has 158 valence electrons. The summed E-state index contributed by atoms with van der Waals surface area (Å²) in [6.07, 6.45) is 0. The molecule has 0 spiro atoms. The Morgan fingerprint density at radius 2 is 1.77 bits per heavy atom. The van der Waals surface area contributed by atoms with Crippen LogP contribution in [0.4, 0.5) is 5.69 Å². The smallest absolute Gasteiger partial charge is 0.307 e. The number of nitrogens with one attached hydrogen (secondary N) is 1. The number of rotatable bonds is 4. The molecule has 0 atom stereocenters. The summed E-state index contributed by atoms with van der Waals surface area (Å²) in [5.74, 6) is -0.409. The van der Waals surface area contributed by atoms with Crippen LogP contribution < -0.4 is 10.2 Å². The molecule has 3 aromatic rings. The van der Waals surface area contributed by atoms with Crippen LogP contribution in [0.15, 0.2) is 52.2 Å². The van der Waals surface area contributed by atoms with Gasteiger partial charge in [0, 0.05) is 44.5 Å². The number of nitrogens with zero attached hydrogens (tertiary/aromatic N) is 3. The van der Waals surface area contributed by atoms with E-state index in [2.05, 4.69) is 10.2 Å². The average Bonchev–Trinajstić information content (AvgIpc) is 3.01. The summed E-state index contributed by atoms with van der Waals surface area (Å²) < 4.78 is 29.7. The molecule has 1 aliphatic heterocycles. The van der Waals surface area contributed by atoms with E-state index >= 15 is 0 Å². The molecule has 1 N–H and O–H groups in total. The largest absolute Gasteiger partial charge is 0.322 e. The lowest BCUT2D eigenvalue weighted by Crippen LogP contribution is -2.47. The van der Waals surface area contributed by atoms with Gasteiger partial charge in [0.05, 0.1) is 15.1 Å². The molecule has 8 nitrogen and oxygen atoms in total. The third-order valence-electron chi connectivity index (χ3n) is 5.25. The molecule has 1 saturated heterocycles. The lowest BCUT2D eigenvalue weighted by atomic mass is 10.2. The predicted octanol–water partition coefficient (Wildman–Crippen LogP) is 1.79. The lowest BCUT2D eigenvalue weighted by Gasteiger charge is -2.31. The van der Waals surface area contributed by atoms with Crippen molar-refractivity contribution in [3.8, 4) is 0 Å². The van der Waals surface area contributed by atoms with Gasteiger partial charge in [0.15, 0.2) is 0 Å². The third-order valence-corrected chi connectivity index (χ3v) is 8.14. The van der Waals surface area contributed by atoms with Gasteiger partial charge < -0.3 is 14.8 Å². The predicted molar refractivity (Wildman–Crippen MR) is 118 cm³/mol. The van der Waals surface area contributed by atoms with Crippen molar-refractivity contribution in [2.75, 3.05) is 38.5 Å². The fourth-order valence-corrected chi connectivity index (χ4v) is 5.78. The summed E-state index contributed by atoms with van der Waals surface area (Å²) in [6, 6.07) is 11.3. The van der Waals surface area contributed by atoms with Gasteiger partial charge in [0.25, 0.3) is 5.91 Å². The van der Waals surface area contributed by atoms with Crippen molar-refractivity contribution >= 4 is 43.2 Å². The van der Waals surface area contributed by atoms with Crippen molar-refractivity contribution < 1.29 is 13.2 Å². The Bertz CT molecular complexity index is 1270. The van der Waals surface area contributed by atoms with Crippen LogP contribution >= 0.6 is 11.3 Å². The Morgan fingerprint density at radius 3 is 2.50 bits per heavy atom. The fourth-order valence-electron chi connectivity index (χ4n) is 3.39. The maximum Gasteiger partial charge on any atom is 0.307 e. The molecule has 30 heavy (non-hydrogen) atoms. The summed E-state index contributed by atoms with van der Waals surface area (Å²) in [6.45, 7) is 2.20. The van der Waals surface area contributed by atoms with Gasteiger partial charge >= 0.3 is 4.87 Å². The number of anilines is 1. The zero-order valence-corrected chi connectivity index (χ0v) is 18.3. The molecule has 0 aliphatic carbocycles. The van der Waals surface area contributed by atoms with Crippen LogP contribution in [0.2, 0.25) is 0 Å². The van der Waals surface area contributed by atoms with Crippen LogP contribution in [0.3, 0.4) is 0 Å². The van der Waals surface area contributed by atoms with Crippen LogP contribution in [0.1, 0.15) is 10.4 Å². The van der Waals surface area contributed by atoms with Crippen molar-refractivity contribution in [1.82, 2.24) is 13.8 Å². The number of sulfonamides is 1. The second kappa shape index (κ2) is 7.95. The van der Waals surface area contributed by atoms with Crippen LogP contribution in [0, 0.1) is 0 Å². The second-order valence-corrected chi connectivity index (χ2v) is 10.2. The highest BCUT2D eigenvalue weighted by molar-refractivity contribution is 7.89. The van der Waals surface area contributed by atoms with E-state index in [1.165, 1.54) is 16.4 Å². The number of benzene rings is 2. The highest BCUT2D eigenvalue weighted by Gasteiger charge is 2.28. The van der Waals surface area contributed by atoms with E-state index in [1.807, 2.05) is 7.05 Å². The summed E-state index contributed by atoms with van der Waals surface area (Å²) in [7, 11) is 0.00448. The van der Waals surface area contributed by atoms with E-state index in [1.54, 1.807) is 41.9 Å². The standard InChI is InChI=1S/C20H22N4O4S2/c1-22-8-10-24(11-9-22)30(27,28)16-5-3-4-14(12-16)19(25)21-15-6-7-17-18(13-15)29-20(26)23(17)2/h3-7,12-13H,8-11H2,1-2H3,(H,21,25). The molecule has 4 rings (SSSR count). The van der Waals surface area contributed by atoms with Crippen LogP contribution in [0.25, 0.3) is 10.2 Å². The summed E-state index contributed by atoms with van der Waals surface area (Å²) in [5, 5.41) is 2.78. The van der Waals surface area contributed by atoms with Crippen molar-refractivity contribution in [2.45, 2.75) is 4.90 Å². The van der Waals surface area contributed by atoms with E-state index in [0.29, 0.717) is 31.9 Å². The number of piperazine rings is 1. The van der Waals surface area contributed by atoms with Gasteiger partial charge in [-0.15, -0.1) is 0 Å². The monoisotopic (exact) mass is 446 g/mol. The van der Waals surface area contributed by atoms with Gasteiger partial charge in [-0.05, 0) is 43.4 Å². The first kappa shape index (κ1) is 20.7. The minimum Gasteiger partial charge on any atom is -0.322 e. The zero-order valence-electron chi connectivity index (χ0n) is 16.7. The number of fused-ring (bicyclic) bond motifs is 1. The Kier molecular flexibility index (Phi) is 5.49. The number of thiazole rings is 1. The summed E-state index contributed by atoms with van der Waals surface area (Å²) in [5.41, 5.74) is 1.59. The van der Waals surface area contributed by atoms with E-state index in [9.17, 15) is 18.0 Å². The second-order valence-electron chi connectivity index (χ2n) is 7.30. The molecule has 0 bridgehead atoms. The first-order chi connectivity index (χ1) is 14.3. The first-order valence-corrected chi connectivity index (χ1v) is 11.7. The van der Waals surface area contributed by atoms with E-state index in [4.69, 9.17) is 0 Å². The zero-order chi connectivity index (χ0) is 21.5. The van der Waals surface area contributed by atoms with Crippen molar-refractivity contribution in [3.63, 3.8) is 0 Å². The molecule has 0 saturated carbocycles. The highest BCUT2D eigenvalue weighted by atomic mass is 32.2. The van der Waals surface area contributed by atoms with Crippen LogP contribution in [-0.2, 0) is 17.1 Å². The lowest BCUT2D eigenvalue weighted by molar-refractivity contribution is 0.102. The molecule has 1 aromatic heterocycles. The number of amides is 1. The van der Waals surface area contributed by atoms with Crippen LogP contribution in [-0.4, -0.2) is 61.3 Å². The minimum atomic E-state index is -3.65. The quantitative estimate of drug-likeness (QED) is 0.660. The molecule has 0 radical (unpaired) electrons. The number of carbonyl (C=O) groups is 1. The van der Waals surface area contributed by atoms with Gasteiger partial charge in [-0.1, -0.05) is 17.4 Å². The number of carbonyl (C=O) groups excluding carboxylic acids is 1. The topological polar surface area (TPSA) is 91.7 Å². The molecule has 1 fully saturated rings. The minimum absolute atomic E-state index is 0.0738. The molecule has 1 amide bonds. The fraction of sp³-hybridized carbons (Fsp3) is 0.300. The van der Waals surface area contributed by atoms with Crippen molar-refractivity contribution in [3.05, 3.63) is 57.7 Å². The van der Waals surface area contributed by atoms with Crippen molar-refractivity contribution in [1.29, 1.82) is 0 Å².